The van der Waals surface area contributed by atoms with Crippen LogP contribution in [0.1, 0.15) is 30.0 Å². The summed E-state index contributed by atoms with van der Waals surface area (Å²) in [5.74, 6) is -1.11. The van der Waals surface area contributed by atoms with Gasteiger partial charge in [0.15, 0.2) is 0 Å². The highest BCUT2D eigenvalue weighted by atomic mass is 16.5. The van der Waals surface area contributed by atoms with E-state index in [1.165, 1.54) is 0 Å². The van der Waals surface area contributed by atoms with Crippen LogP contribution in [0.25, 0.3) is 0 Å². The molecule has 1 N–H and O–H groups in total. The molecule has 18 heavy (non-hydrogen) atoms. The van der Waals surface area contributed by atoms with Crippen LogP contribution in [-0.2, 0) is 27.2 Å². The molecule has 0 unspecified atom stereocenters. The molecular weight excluding hydrogens is 232 g/mol. The first-order valence-electron chi connectivity index (χ1n) is 5.98. The molecule has 4 heteroatoms. The van der Waals surface area contributed by atoms with Gasteiger partial charge in [0, 0.05) is 6.42 Å². The molecule has 0 saturated heterocycles. The average Bonchev–Trinajstić information content (AvgIpc) is 2.29. The molecule has 0 amide bonds. The molecule has 0 radical (unpaired) electrons. The number of aryl methyl sites for hydroxylation is 2. The summed E-state index contributed by atoms with van der Waals surface area (Å²) in [5.41, 5.74) is 2.73. The molecule has 0 atom stereocenters. The third-order valence-corrected chi connectivity index (χ3v) is 2.61. The Balaban J connectivity index is 2.75. The topological polar surface area (TPSA) is 63.6 Å². The van der Waals surface area contributed by atoms with Crippen LogP contribution < -0.4 is 0 Å². The number of esters is 1. The number of carbonyl (C=O) groups is 2. The number of carbonyl (C=O) groups excluding carboxylic acids is 1. The summed E-state index contributed by atoms with van der Waals surface area (Å²) in [6.07, 6.45) is 0.783. The van der Waals surface area contributed by atoms with E-state index >= 15 is 0 Å². The van der Waals surface area contributed by atoms with Gasteiger partial charge in [0.25, 0.3) is 0 Å². The Bertz CT molecular complexity index is 437. The maximum atomic E-state index is 11.3. The lowest BCUT2D eigenvalue weighted by Crippen LogP contribution is -2.08. The molecule has 1 aromatic carbocycles. The van der Waals surface area contributed by atoms with Crippen molar-refractivity contribution in [2.45, 2.75) is 33.1 Å². The van der Waals surface area contributed by atoms with Gasteiger partial charge in [0.2, 0.25) is 0 Å². The molecule has 0 spiro atoms. The minimum Gasteiger partial charge on any atom is -0.481 e. The first-order valence-corrected chi connectivity index (χ1v) is 5.98. The molecule has 0 fully saturated rings. The summed E-state index contributed by atoms with van der Waals surface area (Å²) in [4.78, 5) is 22.1. The van der Waals surface area contributed by atoms with Crippen LogP contribution in [0.4, 0.5) is 0 Å². The summed E-state index contributed by atoms with van der Waals surface area (Å²) in [7, 11) is 0. The second-order valence-corrected chi connectivity index (χ2v) is 4.15. The van der Waals surface area contributed by atoms with Gasteiger partial charge >= 0.3 is 11.9 Å². The van der Waals surface area contributed by atoms with Gasteiger partial charge in [-0.1, -0.05) is 23.8 Å². The highest BCUT2D eigenvalue weighted by molar-refractivity contribution is 5.72. The number of rotatable bonds is 6. The first-order chi connectivity index (χ1) is 8.52. The molecule has 0 aliphatic rings. The van der Waals surface area contributed by atoms with Gasteiger partial charge < -0.3 is 9.84 Å². The summed E-state index contributed by atoms with van der Waals surface area (Å²) < 4.78 is 4.86. The molecule has 0 bridgehead atoms. The van der Waals surface area contributed by atoms with Gasteiger partial charge in [-0.15, -0.1) is 0 Å². The fourth-order valence-electron chi connectivity index (χ4n) is 1.79. The summed E-state index contributed by atoms with van der Waals surface area (Å²) in [5, 5.41) is 8.83. The van der Waals surface area contributed by atoms with Gasteiger partial charge in [0.05, 0.1) is 13.0 Å². The lowest BCUT2D eigenvalue weighted by Gasteiger charge is -2.09. The predicted molar refractivity (Wildman–Crippen MR) is 67.5 cm³/mol. The maximum absolute atomic E-state index is 11.3. The van der Waals surface area contributed by atoms with Crippen LogP contribution in [0.2, 0.25) is 0 Å². The van der Waals surface area contributed by atoms with E-state index in [1.54, 1.807) is 6.92 Å². The Kier molecular flexibility index (Phi) is 5.36. The Morgan fingerprint density at radius 3 is 2.61 bits per heavy atom. The average molecular weight is 250 g/mol. The van der Waals surface area contributed by atoms with Crippen LogP contribution in [0.15, 0.2) is 18.2 Å². The first kappa shape index (κ1) is 14.2. The second-order valence-electron chi connectivity index (χ2n) is 4.15. The molecule has 4 nitrogen and oxygen atoms in total. The van der Waals surface area contributed by atoms with Crippen LogP contribution in [0, 0.1) is 6.92 Å². The van der Waals surface area contributed by atoms with Gasteiger partial charge in [-0.2, -0.15) is 0 Å². The minimum atomic E-state index is -0.865. The third-order valence-electron chi connectivity index (χ3n) is 2.61. The summed E-state index contributed by atoms with van der Waals surface area (Å²) >= 11 is 0. The Morgan fingerprint density at radius 1 is 1.28 bits per heavy atom. The van der Waals surface area contributed by atoms with E-state index in [4.69, 9.17) is 9.84 Å². The van der Waals surface area contributed by atoms with Crippen LogP contribution in [0.5, 0.6) is 0 Å². The quantitative estimate of drug-likeness (QED) is 0.785. The van der Waals surface area contributed by atoms with Crippen LogP contribution >= 0.6 is 0 Å². The van der Waals surface area contributed by atoms with Crippen molar-refractivity contribution in [3.8, 4) is 0 Å². The molecule has 0 heterocycles. The maximum Gasteiger partial charge on any atom is 0.307 e. The van der Waals surface area contributed by atoms with E-state index in [2.05, 4.69) is 0 Å². The molecule has 98 valence electrons. The van der Waals surface area contributed by atoms with Crippen LogP contribution in [-0.4, -0.2) is 23.7 Å². The van der Waals surface area contributed by atoms with Crippen molar-refractivity contribution in [3.05, 3.63) is 34.9 Å². The number of hydrogen-bond acceptors (Lipinski definition) is 3. The minimum absolute atomic E-state index is 0.0154. The van der Waals surface area contributed by atoms with E-state index in [0.717, 1.165) is 16.7 Å². The lowest BCUT2D eigenvalue weighted by atomic mass is 9.98. The number of carboxylic acids is 1. The van der Waals surface area contributed by atoms with E-state index in [-0.39, 0.29) is 18.8 Å². The summed E-state index contributed by atoms with van der Waals surface area (Å²) in [6.45, 7) is 4.08. The van der Waals surface area contributed by atoms with E-state index in [0.29, 0.717) is 13.0 Å². The molecule has 1 rings (SSSR count). The normalized spacial score (nSPS) is 10.1. The Labute approximate surface area is 107 Å². The smallest absolute Gasteiger partial charge is 0.307 e. The third kappa shape index (κ3) is 4.57. The zero-order valence-corrected chi connectivity index (χ0v) is 10.7. The number of aliphatic carboxylic acids is 1. The fraction of sp³-hybridized carbons (Fsp3) is 0.429. The van der Waals surface area contributed by atoms with Crippen molar-refractivity contribution < 1.29 is 19.4 Å². The standard InChI is InChI=1S/C14H18O4/c1-3-18-14(17)7-6-11-8-10(2)4-5-12(11)9-13(15)16/h4-5,8H,3,6-7,9H2,1-2H3,(H,15,16). The highest BCUT2D eigenvalue weighted by Gasteiger charge is 2.09. The molecule has 0 aliphatic carbocycles. The molecule has 1 aromatic rings. The zero-order chi connectivity index (χ0) is 13.5. The predicted octanol–water partition coefficient (Wildman–Crippen LogP) is 2.12. The van der Waals surface area contributed by atoms with E-state index in [9.17, 15) is 9.59 Å². The van der Waals surface area contributed by atoms with E-state index in [1.807, 2.05) is 25.1 Å². The fourth-order valence-corrected chi connectivity index (χ4v) is 1.79. The second kappa shape index (κ2) is 6.79. The molecule has 0 saturated carbocycles. The molecular formula is C14H18O4. The zero-order valence-electron chi connectivity index (χ0n) is 10.7. The lowest BCUT2D eigenvalue weighted by molar-refractivity contribution is -0.143. The van der Waals surface area contributed by atoms with Crippen molar-refractivity contribution in [1.29, 1.82) is 0 Å². The van der Waals surface area contributed by atoms with Gasteiger partial charge in [-0.05, 0) is 31.4 Å². The van der Waals surface area contributed by atoms with Crippen LogP contribution in [0.3, 0.4) is 0 Å². The Morgan fingerprint density at radius 2 is 2.00 bits per heavy atom. The highest BCUT2D eigenvalue weighted by Crippen LogP contribution is 2.15. The SMILES string of the molecule is CCOC(=O)CCc1cc(C)ccc1CC(=O)O. The van der Waals surface area contributed by atoms with Crippen molar-refractivity contribution >= 4 is 11.9 Å². The molecule has 0 aliphatic heterocycles. The number of carboxylic acid groups (broad SMARTS) is 1. The van der Waals surface area contributed by atoms with E-state index < -0.39 is 5.97 Å². The van der Waals surface area contributed by atoms with Crippen molar-refractivity contribution in [2.75, 3.05) is 6.61 Å². The van der Waals surface area contributed by atoms with Crippen molar-refractivity contribution in [3.63, 3.8) is 0 Å². The number of benzene rings is 1. The number of ether oxygens (including phenoxy) is 1. The Hall–Kier alpha value is -1.84. The van der Waals surface area contributed by atoms with Gasteiger partial charge in [0.1, 0.15) is 0 Å². The number of hydrogen-bond donors (Lipinski definition) is 1. The monoisotopic (exact) mass is 250 g/mol. The van der Waals surface area contributed by atoms with Gasteiger partial charge in [-0.25, -0.2) is 0 Å². The largest absolute Gasteiger partial charge is 0.481 e. The molecule has 0 aromatic heterocycles. The van der Waals surface area contributed by atoms with Crippen molar-refractivity contribution in [1.82, 2.24) is 0 Å². The summed E-state index contributed by atoms with van der Waals surface area (Å²) in [6, 6.07) is 5.62. The van der Waals surface area contributed by atoms with Gasteiger partial charge in [-0.3, -0.25) is 9.59 Å². The van der Waals surface area contributed by atoms with Crippen molar-refractivity contribution in [2.24, 2.45) is 0 Å².